The molecule has 2 rings (SSSR count). The number of amidine groups is 1. The lowest BCUT2D eigenvalue weighted by Crippen LogP contribution is -2.14. The molecule has 4 N–H and O–H groups in total. The Bertz CT molecular complexity index is 726. The molecular formula is C12H13N5O2S. The molecule has 0 saturated carbocycles. The van der Waals surface area contributed by atoms with Crippen LogP contribution in [0.3, 0.4) is 0 Å². The number of aryl methyl sites for hydroxylation is 2. The molecule has 0 aliphatic heterocycles. The number of rotatable bonds is 3. The number of H-pyrrole nitrogens is 1. The first kappa shape index (κ1) is 14.1. The summed E-state index contributed by atoms with van der Waals surface area (Å²) in [6.45, 7) is 3.54. The largest absolute Gasteiger partial charge is 0.409 e. The molecule has 0 atom stereocenters. The molecule has 0 fully saturated rings. The first-order valence-electron chi connectivity index (χ1n) is 5.70. The van der Waals surface area contributed by atoms with Crippen LogP contribution in [-0.4, -0.2) is 26.0 Å². The maximum absolute atomic E-state index is 11.4. The van der Waals surface area contributed by atoms with E-state index in [1.54, 1.807) is 26.0 Å². The predicted molar refractivity (Wildman–Crippen MR) is 75.2 cm³/mol. The second-order valence-electron chi connectivity index (χ2n) is 4.11. The van der Waals surface area contributed by atoms with Crippen LogP contribution < -0.4 is 11.3 Å². The van der Waals surface area contributed by atoms with E-state index in [1.807, 2.05) is 0 Å². The Labute approximate surface area is 119 Å². The van der Waals surface area contributed by atoms with E-state index in [4.69, 9.17) is 10.9 Å². The lowest BCUT2D eigenvalue weighted by Gasteiger charge is -2.05. The van der Waals surface area contributed by atoms with Crippen LogP contribution in [0.15, 0.2) is 38.3 Å². The van der Waals surface area contributed by atoms with Gasteiger partial charge in [-0.2, -0.15) is 0 Å². The molecule has 2 aromatic heterocycles. The van der Waals surface area contributed by atoms with Crippen molar-refractivity contribution in [2.75, 3.05) is 0 Å². The van der Waals surface area contributed by atoms with Crippen LogP contribution in [0, 0.1) is 13.8 Å². The first-order valence-corrected chi connectivity index (χ1v) is 6.52. The number of nitrogens with one attached hydrogen (secondary N) is 1. The number of hydrogen-bond donors (Lipinski definition) is 3. The number of aromatic amines is 1. The maximum Gasteiger partial charge on any atom is 0.251 e. The molecule has 104 valence electrons. The number of nitrogens with two attached hydrogens (primary N) is 1. The van der Waals surface area contributed by atoms with Crippen molar-refractivity contribution in [2.24, 2.45) is 10.9 Å². The Balaban J connectivity index is 2.38. The van der Waals surface area contributed by atoms with Crippen LogP contribution in [0.4, 0.5) is 0 Å². The van der Waals surface area contributed by atoms with Crippen molar-refractivity contribution < 1.29 is 5.21 Å². The van der Waals surface area contributed by atoms with Crippen molar-refractivity contribution in [3.63, 3.8) is 0 Å². The Hall–Kier alpha value is -2.35. The van der Waals surface area contributed by atoms with Gasteiger partial charge in [-0.1, -0.05) is 5.16 Å². The molecule has 0 aromatic carbocycles. The van der Waals surface area contributed by atoms with E-state index in [2.05, 4.69) is 20.1 Å². The number of hydrogen-bond acceptors (Lipinski definition) is 6. The highest BCUT2D eigenvalue weighted by Crippen LogP contribution is 2.23. The minimum atomic E-state index is -0.218. The van der Waals surface area contributed by atoms with Gasteiger partial charge in [-0.25, -0.2) is 9.97 Å². The fraction of sp³-hybridized carbons (Fsp3) is 0.167. The molecule has 7 nitrogen and oxygen atoms in total. The fourth-order valence-corrected chi connectivity index (χ4v) is 2.51. The van der Waals surface area contributed by atoms with Crippen molar-refractivity contribution in [1.82, 2.24) is 15.0 Å². The smallest absolute Gasteiger partial charge is 0.251 e. The van der Waals surface area contributed by atoms with E-state index >= 15 is 0 Å². The van der Waals surface area contributed by atoms with Gasteiger partial charge in [-0.15, -0.1) is 0 Å². The lowest BCUT2D eigenvalue weighted by atomic mass is 10.2. The summed E-state index contributed by atoms with van der Waals surface area (Å²) in [6, 6.07) is 4.77. The summed E-state index contributed by atoms with van der Waals surface area (Å²) < 4.78 is 0. The standard InChI is InChI=1S/C12H13N5O2S/c1-6-3-8(11(13)17-19)5-10(14-6)20-12-15-7(2)4-9(18)16-12/h3-5,19H,1-2H3,(H2,13,17)(H,15,16,18). The summed E-state index contributed by atoms with van der Waals surface area (Å²) in [5.41, 5.74) is 7.24. The quantitative estimate of drug-likeness (QED) is 0.255. The monoisotopic (exact) mass is 291 g/mol. The molecule has 0 amide bonds. The molecule has 0 saturated heterocycles. The van der Waals surface area contributed by atoms with E-state index in [0.717, 1.165) is 0 Å². The molecular weight excluding hydrogens is 278 g/mol. The fourth-order valence-electron chi connectivity index (χ4n) is 1.59. The molecule has 2 heterocycles. The predicted octanol–water partition coefficient (Wildman–Crippen LogP) is 1.03. The van der Waals surface area contributed by atoms with Gasteiger partial charge in [0.2, 0.25) is 0 Å². The first-order chi connectivity index (χ1) is 9.47. The third-order valence-corrected chi connectivity index (χ3v) is 3.19. The molecule has 0 bridgehead atoms. The molecule has 0 radical (unpaired) electrons. The number of pyridine rings is 1. The zero-order valence-corrected chi connectivity index (χ0v) is 11.7. The van der Waals surface area contributed by atoms with Gasteiger partial charge < -0.3 is 15.9 Å². The topological polar surface area (TPSA) is 117 Å². The molecule has 8 heteroatoms. The Kier molecular flexibility index (Phi) is 4.04. The van der Waals surface area contributed by atoms with E-state index in [1.165, 1.54) is 17.8 Å². The normalized spacial score (nSPS) is 11.6. The maximum atomic E-state index is 11.4. The number of oxime groups is 1. The van der Waals surface area contributed by atoms with Crippen molar-refractivity contribution in [3.05, 3.63) is 45.5 Å². The Morgan fingerprint density at radius 3 is 2.65 bits per heavy atom. The molecule has 0 unspecified atom stereocenters. The van der Waals surface area contributed by atoms with Crippen molar-refractivity contribution in [2.45, 2.75) is 24.0 Å². The van der Waals surface area contributed by atoms with Crippen LogP contribution >= 0.6 is 11.8 Å². The average molecular weight is 291 g/mol. The zero-order chi connectivity index (χ0) is 14.7. The van der Waals surface area contributed by atoms with Gasteiger partial charge in [0.15, 0.2) is 11.0 Å². The summed E-state index contributed by atoms with van der Waals surface area (Å²) in [5.74, 6) is 0.00282. The van der Waals surface area contributed by atoms with Gasteiger partial charge in [0, 0.05) is 23.0 Å². The van der Waals surface area contributed by atoms with Crippen molar-refractivity contribution >= 4 is 17.6 Å². The van der Waals surface area contributed by atoms with Gasteiger partial charge in [-0.3, -0.25) is 4.79 Å². The molecule has 2 aromatic rings. The van der Waals surface area contributed by atoms with Gasteiger partial charge in [0.05, 0.1) is 0 Å². The van der Waals surface area contributed by atoms with Crippen LogP contribution in [0.2, 0.25) is 0 Å². The van der Waals surface area contributed by atoms with Gasteiger partial charge in [0.1, 0.15) is 5.03 Å². The third-order valence-electron chi connectivity index (χ3n) is 2.38. The van der Waals surface area contributed by atoms with Gasteiger partial charge >= 0.3 is 0 Å². The lowest BCUT2D eigenvalue weighted by molar-refractivity contribution is 0.318. The molecule has 0 aliphatic carbocycles. The highest BCUT2D eigenvalue weighted by atomic mass is 32.2. The van der Waals surface area contributed by atoms with Crippen molar-refractivity contribution in [1.29, 1.82) is 0 Å². The Morgan fingerprint density at radius 1 is 1.30 bits per heavy atom. The SMILES string of the molecule is Cc1cc(/C(N)=N/O)cc(Sc2nc(C)cc(=O)[nH]2)n1. The van der Waals surface area contributed by atoms with E-state index in [9.17, 15) is 4.79 Å². The van der Waals surface area contributed by atoms with E-state index in [-0.39, 0.29) is 11.4 Å². The molecule has 0 spiro atoms. The molecule has 20 heavy (non-hydrogen) atoms. The van der Waals surface area contributed by atoms with Gasteiger partial charge in [-0.05, 0) is 37.7 Å². The van der Waals surface area contributed by atoms with E-state index < -0.39 is 0 Å². The Morgan fingerprint density at radius 2 is 2.00 bits per heavy atom. The number of nitrogens with zero attached hydrogens (tertiary/aromatic N) is 3. The summed E-state index contributed by atoms with van der Waals surface area (Å²) >= 11 is 1.20. The highest BCUT2D eigenvalue weighted by Gasteiger charge is 2.08. The summed E-state index contributed by atoms with van der Waals surface area (Å²) in [5, 5.41) is 12.7. The highest BCUT2D eigenvalue weighted by molar-refractivity contribution is 7.99. The number of aromatic nitrogens is 3. The van der Waals surface area contributed by atoms with Crippen molar-refractivity contribution in [3.8, 4) is 0 Å². The summed E-state index contributed by atoms with van der Waals surface area (Å²) in [4.78, 5) is 22.5. The van der Waals surface area contributed by atoms with Crippen LogP contribution in [0.5, 0.6) is 0 Å². The third kappa shape index (κ3) is 3.35. The van der Waals surface area contributed by atoms with Crippen LogP contribution in [-0.2, 0) is 0 Å². The minimum absolute atomic E-state index is 0.00282. The minimum Gasteiger partial charge on any atom is -0.409 e. The molecule has 0 aliphatic rings. The van der Waals surface area contributed by atoms with Crippen LogP contribution in [0.25, 0.3) is 0 Å². The van der Waals surface area contributed by atoms with Gasteiger partial charge in [0.25, 0.3) is 5.56 Å². The average Bonchev–Trinajstić information content (AvgIpc) is 2.35. The second-order valence-corrected chi connectivity index (χ2v) is 5.12. The summed E-state index contributed by atoms with van der Waals surface area (Å²) in [7, 11) is 0. The summed E-state index contributed by atoms with van der Waals surface area (Å²) in [6.07, 6.45) is 0. The zero-order valence-electron chi connectivity index (χ0n) is 10.9. The van der Waals surface area contributed by atoms with Crippen LogP contribution in [0.1, 0.15) is 17.0 Å². The second kappa shape index (κ2) is 5.74. The van der Waals surface area contributed by atoms with E-state index in [0.29, 0.717) is 27.1 Å².